The molecule has 0 amide bonds. The van der Waals surface area contributed by atoms with E-state index in [9.17, 15) is 0 Å². The van der Waals surface area contributed by atoms with Crippen LogP contribution in [0.1, 0.15) is 6.92 Å². The lowest BCUT2D eigenvalue weighted by molar-refractivity contribution is 0.0140. The van der Waals surface area contributed by atoms with E-state index in [1.807, 2.05) is 37.3 Å². The molecule has 1 atom stereocenters. The summed E-state index contributed by atoms with van der Waals surface area (Å²) >= 11 is 0. The number of ether oxygens (including phenoxy) is 2. The lowest BCUT2D eigenvalue weighted by Gasteiger charge is -2.12. The Morgan fingerprint density at radius 3 is 2.67 bits per heavy atom. The van der Waals surface area contributed by atoms with Gasteiger partial charge in [-0.1, -0.05) is 18.2 Å². The molecule has 0 saturated heterocycles. The molecule has 15 heavy (non-hydrogen) atoms. The monoisotopic (exact) mass is 209 g/mol. The van der Waals surface area contributed by atoms with Crippen LogP contribution in [0.2, 0.25) is 0 Å². The summed E-state index contributed by atoms with van der Waals surface area (Å²) in [7, 11) is 1.68. The minimum atomic E-state index is 0.160. The van der Waals surface area contributed by atoms with Gasteiger partial charge >= 0.3 is 0 Å². The molecule has 0 aliphatic heterocycles. The zero-order valence-electron chi connectivity index (χ0n) is 9.40. The minimum absolute atomic E-state index is 0.160. The van der Waals surface area contributed by atoms with Gasteiger partial charge in [0.25, 0.3) is 0 Å². The largest absolute Gasteiger partial charge is 0.383 e. The molecule has 1 aromatic carbocycles. The van der Waals surface area contributed by atoms with Crippen LogP contribution in [-0.2, 0) is 9.47 Å². The van der Waals surface area contributed by atoms with Crippen molar-refractivity contribution in [1.82, 2.24) is 0 Å². The summed E-state index contributed by atoms with van der Waals surface area (Å²) in [6.07, 6.45) is 0.160. The zero-order chi connectivity index (χ0) is 10.9. The average molecular weight is 209 g/mol. The molecule has 1 unspecified atom stereocenters. The van der Waals surface area contributed by atoms with Crippen molar-refractivity contribution in [3.05, 3.63) is 30.3 Å². The number of methoxy groups -OCH3 is 1. The van der Waals surface area contributed by atoms with Crippen LogP contribution in [0, 0.1) is 0 Å². The molecule has 0 fully saturated rings. The fourth-order valence-electron chi connectivity index (χ4n) is 1.29. The van der Waals surface area contributed by atoms with E-state index in [0.717, 1.165) is 12.2 Å². The summed E-state index contributed by atoms with van der Waals surface area (Å²) < 4.78 is 10.5. The van der Waals surface area contributed by atoms with Gasteiger partial charge in [0.2, 0.25) is 0 Å². The summed E-state index contributed by atoms with van der Waals surface area (Å²) in [4.78, 5) is 0. The molecule has 1 aromatic rings. The summed E-state index contributed by atoms with van der Waals surface area (Å²) in [5.41, 5.74) is 1.13. The molecule has 3 nitrogen and oxygen atoms in total. The van der Waals surface area contributed by atoms with Gasteiger partial charge in [-0.25, -0.2) is 0 Å². The van der Waals surface area contributed by atoms with Crippen molar-refractivity contribution in [3.8, 4) is 0 Å². The highest BCUT2D eigenvalue weighted by molar-refractivity contribution is 5.42. The highest BCUT2D eigenvalue weighted by Crippen LogP contribution is 2.03. The van der Waals surface area contributed by atoms with Crippen molar-refractivity contribution in [1.29, 1.82) is 0 Å². The number of hydrogen-bond acceptors (Lipinski definition) is 3. The van der Waals surface area contributed by atoms with Crippen molar-refractivity contribution in [2.75, 3.05) is 32.2 Å². The molecule has 0 aliphatic rings. The second-order valence-electron chi connectivity index (χ2n) is 3.43. The lowest BCUT2D eigenvalue weighted by atomic mass is 10.3. The zero-order valence-corrected chi connectivity index (χ0v) is 9.40. The Bertz CT molecular complexity index is 251. The number of hydrogen-bond donors (Lipinski definition) is 1. The number of anilines is 1. The van der Waals surface area contributed by atoms with E-state index in [-0.39, 0.29) is 6.10 Å². The molecule has 1 N–H and O–H groups in total. The van der Waals surface area contributed by atoms with E-state index in [2.05, 4.69) is 5.32 Å². The lowest BCUT2D eigenvalue weighted by Crippen LogP contribution is -2.19. The number of rotatable bonds is 7. The second kappa shape index (κ2) is 7.26. The van der Waals surface area contributed by atoms with Crippen LogP contribution in [0.3, 0.4) is 0 Å². The maximum Gasteiger partial charge on any atom is 0.0781 e. The predicted octanol–water partition coefficient (Wildman–Crippen LogP) is 2.15. The van der Waals surface area contributed by atoms with Crippen LogP contribution in [0.4, 0.5) is 5.69 Å². The topological polar surface area (TPSA) is 30.5 Å². The van der Waals surface area contributed by atoms with E-state index < -0.39 is 0 Å². The van der Waals surface area contributed by atoms with Gasteiger partial charge in [-0.2, -0.15) is 0 Å². The van der Waals surface area contributed by atoms with Gasteiger partial charge in [-0.15, -0.1) is 0 Å². The van der Waals surface area contributed by atoms with E-state index >= 15 is 0 Å². The molecule has 0 aliphatic carbocycles. The van der Waals surface area contributed by atoms with Crippen LogP contribution >= 0.6 is 0 Å². The highest BCUT2D eigenvalue weighted by atomic mass is 16.5. The molecule has 1 rings (SSSR count). The Morgan fingerprint density at radius 2 is 2.00 bits per heavy atom. The number of benzene rings is 1. The third-order valence-electron chi connectivity index (χ3n) is 2.01. The van der Waals surface area contributed by atoms with Crippen molar-refractivity contribution in [2.45, 2.75) is 13.0 Å². The van der Waals surface area contributed by atoms with Gasteiger partial charge in [0.05, 0.1) is 19.3 Å². The second-order valence-corrected chi connectivity index (χ2v) is 3.43. The molecular formula is C12H19NO2. The third kappa shape index (κ3) is 5.40. The molecular weight excluding hydrogens is 190 g/mol. The number of nitrogens with one attached hydrogen (secondary N) is 1. The smallest absolute Gasteiger partial charge is 0.0781 e. The normalized spacial score (nSPS) is 12.4. The fraction of sp³-hybridized carbons (Fsp3) is 0.500. The molecule has 0 spiro atoms. The molecule has 84 valence electrons. The first kappa shape index (κ1) is 12.0. The summed E-state index contributed by atoms with van der Waals surface area (Å²) in [6.45, 7) is 4.16. The van der Waals surface area contributed by atoms with Gasteiger partial charge in [0.15, 0.2) is 0 Å². The maximum atomic E-state index is 5.52. The molecule has 0 saturated carbocycles. The Morgan fingerprint density at radius 1 is 1.27 bits per heavy atom. The van der Waals surface area contributed by atoms with Gasteiger partial charge in [0.1, 0.15) is 0 Å². The summed E-state index contributed by atoms with van der Waals surface area (Å²) in [6, 6.07) is 10.1. The Labute approximate surface area is 91.4 Å². The number of para-hydroxylation sites is 1. The highest BCUT2D eigenvalue weighted by Gasteiger charge is 1.99. The Hall–Kier alpha value is -1.06. The molecule has 3 heteroatoms. The average Bonchev–Trinajstić information content (AvgIpc) is 2.26. The van der Waals surface area contributed by atoms with Crippen LogP contribution in [0.15, 0.2) is 30.3 Å². The van der Waals surface area contributed by atoms with E-state index in [1.165, 1.54) is 0 Å². The first-order valence-corrected chi connectivity index (χ1v) is 5.22. The van der Waals surface area contributed by atoms with Gasteiger partial charge < -0.3 is 14.8 Å². The molecule has 0 radical (unpaired) electrons. The molecule has 0 bridgehead atoms. The van der Waals surface area contributed by atoms with Crippen molar-refractivity contribution < 1.29 is 9.47 Å². The summed E-state index contributed by atoms with van der Waals surface area (Å²) in [5, 5.41) is 3.28. The van der Waals surface area contributed by atoms with Crippen molar-refractivity contribution in [2.24, 2.45) is 0 Å². The third-order valence-corrected chi connectivity index (χ3v) is 2.01. The Kier molecular flexibility index (Phi) is 5.81. The van der Waals surface area contributed by atoms with Gasteiger partial charge in [-0.3, -0.25) is 0 Å². The fourth-order valence-corrected chi connectivity index (χ4v) is 1.29. The van der Waals surface area contributed by atoms with Crippen LogP contribution in [-0.4, -0.2) is 33.0 Å². The summed E-state index contributed by atoms with van der Waals surface area (Å²) in [5.74, 6) is 0. The van der Waals surface area contributed by atoms with E-state index in [1.54, 1.807) is 7.11 Å². The standard InChI is InChI=1S/C12H19NO2/c1-11(10-14-2)15-9-8-13-12-6-4-3-5-7-12/h3-7,11,13H,8-10H2,1-2H3. The van der Waals surface area contributed by atoms with E-state index in [0.29, 0.717) is 13.2 Å². The molecule has 0 heterocycles. The minimum Gasteiger partial charge on any atom is -0.383 e. The van der Waals surface area contributed by atoms with Crippen LogP contribution in [0.5, 0.6) is 0 Å². The first-order valence-electron chi connectivity index (χ1n) is 5.22. The quantitative estimate of drug-likeness (QED) is 0.698. The Balaban J connectivity index is 2.07. The van der Waals surface area contributed by atoms with Crippen LogP contribution in [0.25, 0.3) is 0 Å². The SMILES string of the molecule is COCC(C)OCCNc1ccccc1. The maximum absolute atomic E-state index is 5.52. The van der Waals surface area contributed by atoms with Crippen molar-refractivity contribution >= 4 is 5.69 Å². The van der Waals surface area contributed by atoms with E-state index in [4.69, 9.17) is 9.47 Å². The van der Waals surface area contributed by atoms with Gasteiger partial charge in [0, 0.05) is 19.3 Å². The molecule has 0 aromatic heterocycles. The van der Waals surface area contributed by atoms with Crippen LogP contribution < -0.4 is 5.32 Å². The van der Waals surface area contributed by atoms with Gasteiger partial charge in [-0.05, 0) is 19.1 Å². The first-order chi connectivity index (χ1) is 7.33. The van der Waals surface area contributed by atoms with Crippen molar-refractivity contribution in [3.63, 3.8) is 0 Å². The predicted molar refractivity (Wildman–Crippen MR) is 62.2 cm³/mol.